The molecule has 0 radical (unpaired) electrons. The molecule has 2 fully saturated rings. The maximum absolute atomic E-state index is 14.4. The van der Waals surface area contributed by atoms with Crippen LogP contribution in [0.15, 0.2) is 71.6 Å². The van der Waals surface area contributed by atoms with Crippen LogP contribution in [0.3, 0.4) is 0 Å². The van der Waals surface area contributed by atoms with Crippen LogP contribution in [0.5, 0.6) is 0 Å². The van der Waals surface area contributed by atoms with Gasteiger partial charge in [-0.25, -0.2) is 22.7 Å². The lowest BCUT2D eigenvalue weighted by atomic mass is 10.0. The van der Waals surface area contributed by atoms with Crippen LogP contribution in [0.25, 0.3) is 0 Å². The average Bonchev–Trinajstić information content (AvgIpc) is 3.66. The Kier molecular flexibility index (Phi) is 11.4. The third-order valence-electron chi connectivity index (χ3n) is 10.3. The molecule has 6 rings (SSSR count). The van der Waals surface area contributed by atoms with E-state index in [4.69, 9.17) is 9.47 Å². The van der Waals surface area contributed by atoms with Crippen molar-refractivity contribution in [1.82, 2.24) is 25.2 Å². The Morgan fingerprint density at radius 1 is 0.963 bits per heavy atom. The van der Waals surface area contributed by atoms with Crippen molar-refractivity contribution >= 4 is 39.9 Å². The maximum atomic E-state index is 14.4. The summed E-state index contributed by atoms with van der Waals surface area (Å²) in [6, 6.07) is 13.0. The number of amides is 5. The summed E-state index contributed by atoms with van der Waals surface area (Å²) >= 11 is 0. The Bertz CT molecular complexity index is 1900. The molecule has 5 amide bonds. The second kappa shape index (κ2) is 15.8. The fourth-order valence-corrected chi connectivity index (χ4v) is 8.42. The normalized spacial score (nSPS) is 26.1. The SMILES string of the molecule is CC(C)(C)OC(=O)N[C@H]1CCCCCC=C[C@@H]2C[C@@]2(C(=O)NS(=O)(=O)c2ccccc2)NC(=O)[C@@H]2C[C@@H](OC(=O)N3CCc4ccccc4C3)CN2C1=O. The van der Waals surface area contributed by atoms with E-state index in [0.717, 1.165) is 24.0 Å². The van der Waals surface area contributed by atoms with Crippen LogP contribution in [0.2, 0.25) is 0 Å². The van der Waals surface area contributed by atoms with E-state index in [1.807, 2.05) is 36.4 Å². The number of hydrogen-bond acceptors (Lipinski definition) is 9. The van der Waals surface area contributed by atoms with Gasteiger partial charge in [-0.3, -0.25) is 14.4 Å². The zero-order valence-electron chi connectivity index (χ0n) is 30.9. The number of benzene rings is 2. The van der Waals surface area contributed by atoms with Crippen molar-refractivity contribution in [3.8, 4) is 0 Å². The van der Waals surface area contributed by atoms with Gasteiger partial charge in [0, 0.05) is 25.4 Å². The van der Waals surface area contributed by atoms with Crippen LogP contribution in [0.1, 0.15) is 76.8 Å². The number of fused-ring (bicyclic) bond motifs is 3. The Labute approximate surface area is 316 Å². The molecule has 290 valence electrons. The number of nitrogens with one attached hydrogen (secondary N) is 3. The first-order valence-corrected chi connectivity index (χ1v) is 20.1. The van der Waals surface area contributed by atoms with Gasteiger partial charge in [-0.15, -0.1) is 0 Å². The lowest BCUT2D eigenvalue weighted by Crippen LogP contribution is -2.58. The molecular formula is C39H49N5O9S. The number of nitrogens with zero attached hydrogens (tertiary/aromatic N) is 2. The van der Waals surface area contributed by atoms with Crippen LogP contribution in [0.4, 0.5) is 9.59 Å². The summed E-state index contributed by atoms with van der Waals surface area (Å²) in [7, 11) is -4.27. The van der Waals surface area contributed by atoms with Crippen LogP contribution in [0, 0.1) is 5.92 Å². The lowest BCUT2D eigenvalue weighted by molar-refractivity contribution is -0.141. The molecule has 0 bridgehead atoms. The minimum atomic E-state index is -4.27. The van der Waals surface area contributed by atoms with Crippen LogP contribution in [-0.2, 0) is 46.8 Å². The van der Waals surface area contributed by atoms with Gasteiger partial charge in [0.1, 0.15) is 29.3 Å². The fraction of sp³-hybridized carbons (Fsp3) is 0.513. The number of sulfonamides is 1. The minimum Gasteiger partial charge on any atom is -0.444 e. The number of allylic oxidation sites excluding steroid dienone is 1. The topological polar surface area (TPSA) is 181 Å². The summed E-state index contributed by atoms with van der Waals surface area (Å²) in [5.74, 6) is -2.66. The first kappa shape index (κ1) is 38.8. The average molecular weight is 764 g/mol. The molecular weight excluding hydrogens is 715 g/mol. The zero-order valence-corrected chi connectivity index (χ0v) is 31.7. The highest BCUT2D eigenvalue weighted by Gasteiger charge is 2.61. The number of rotatable bonds is 5. The Morgan fingerprint density at radius 2 is 1.69 bits per heavy atom. The van der Waals surface area contributed by atoms with Gasteiger partial charge in [0.15, 0.2) is 0 Å². The summed E-state index contributed by atoms with van der Waals surface area (Å²) in [5, 5.41) is 5.52. The van der Waals surface area contributed by atoms with E-state index in [9.17, 15) is 32.4 Å². The molecule has 4 aliphatic rings. The molecule has 15 heteroatoms. The first-order valence-electron chi connectivity index (χ1n) is 18.6. The van der Waals surface area contributed by atoms with Gasteiger partial charge in [0.05, 0.1) is 11.4 Å². The first-order chi connectivity index (χ1) is 25.6. The molecule has 3 heterocycles. The van der Waals surface area contributed by atoms with Crippen molar-refractivity contribution in [2.24, 2.45) is 5.92 Å². The third kappa shape index (κ3) is 9.05. The predicted molar refractivity (Wildman–Crippen MR) is 197 cm³/mol. The van der Waals surface area contributed by atoms with Crippen molar-refractivity contribution in [2.45, 2.75) is 113 Å². The molecule has 0 aromatic heterocycles. The van der Waals surface area contributed by atoms with Gasteiger partial charge in [0.2, 0.25) is 11.8 Å². The summed E-state index contributed by atoms with van der Waals surface area (Å²) in [6.45, 7) is 5.79. The molecule has 0 unspecified atom stereocenters. The van der Waals surface area contributed by atoms with Gasteiger partial charge in [-0.2, -0.15) is 0 Å². The van der Waals surface area contributed by atoms with Crippen molar-refractivity contribution in [3.63, 3.8) is 0 Å². The Balaban J connectivity index is 1.26. The molecule has 54 heavy (non-hydrogen) atoms. The predicted octanol–water partition coefficient (Wildman–Crippen LogP) is 3.94. The fourth-order valence-electron chi connectivity index (χ4n) is 7.36. The van der Waals surface area contributed by atoms with Gasteiger partial charge in [-0.05, 0) is 76.1 Å². The summed E-state index contributed by atoms with van der Waals surface area (Å²) in [5.41, 5.74) is -0.264. The summed E-state index contributed by atoms with van der Waals surface area (Å²) in [6.07, 6.45) is 5.22. The largest absolute Gasteiger partial charge is 0.444 e. The second-order valence-electron chi connectivity index (χ2n) is 15.5. The van der Waals surface area contributed by atoms with Gasteiger partial charge in [-0.1, -0.05) is 67.5 Å². The number of alkyl carbamates (subject to hydrolysis) is 1. The molecule has 0 spiro atoms. The summed E-state index contributed by atoms with van der Waals surface area (Å²) in [4.78, 5) is 71.8. The molecule has 1 aliphatic carbocycles. The number of ether oxygens (including phenoxy) is 2. The smallest absolute Gasteiger partial charge is 0.410 e. The van der Waals surface area contributed by atoms with E-state index in [1.54, 1.807) is 31.7 Å². The third-order valence-corrected chi connectivity index (χ3v) is 11.6. The van der Waals surface area contributed by atoms with Crippen molar-refractivity contribution in [1.29, 1.82) is 0 Å². The summed E-state index contributed by atoms with van der Waals surface area (Å²) < 4.78 is 39.9. The monoisotopic (exact) mass is 763 g/mol. The minimum absolute atomic E-state index is 0.0760. The molecule has 5 atom stereocenters. The maximum Gasteiger partial charge on any atom is 0.410 e. The van der Waals surface area contributed by atoms with Crippen LogP contribution < -0.4 is 15.4 Å². The van der Waals surface area contributed by atoms with E-state index >= 15 is 0 Å². The quantitative estimate of drug-likeness (QED) is 0.380. The van der Waals surface area contributed by atoms with Gasteiger partial charge in [0.25, 0.3) is 15.9 Å². The van der Waals surface area contributed by atoms with E-state index in [1.165, 1.54) is 29.2 Å². The molecule has 1 saturated heterocycles. The Hall–Kier alpha value is -4.92. The number of hydrogen-bond donors (Lipinski definition) is 3. The molecule has 1 saturated carbocycles. The van der Waals surface area contributed by atoms with Crippen molar-refractivity contribution < 1.29 is 41.9 Å². The highest BCUT2D eigenvalue weighted by Crippen LogP contribution is 2.46. The molecule has 3 aliphatic heterocycles. The van der Waals surface area contributed by atoms with Crippen molar-refractivity contribution in [3.05, 3.63) is 77.9 Å². The van der Waals surface area contributed by atoms with Crippen molar-refractivity contribution in [2.75, 3.05) is 13.1 Å². The molecule has 2 aromatic carbocycles. The van der Waals surface area contributed by atoms with E-state index in [2.05, 4.69) is 15.4 Å². The van der Waals surface area contributed by atoms with Gasteiger partial charge >= 0.3 is 12.2 Å². The standard InChI is InChI=1S/C39H49N5O9S/c1-38(2,3)53-36(48)40-31-19-11-6-4-5-8-16-28-23-39(28,35(47)42-54(50,51)30-17-9-7-10-18-30)41-33(45)32-22-29(25-44(32)34(31)46)52-37(49)43-21-20-26-14-12-13-15-27(26)24-43/h7-10,12-18,28-29,31-32H,4-6,11,19-25H2,1-3H3,(H,40,48)(H,41,45)(H,42,47)/t28-,29-,31+,32+,39-/m1/s1. The lowest BCUT2D eigenvalue weighted by Gasteiger charge is -2.30. The molecule has 3 N–H and O–H groups in total. The molecule has 2 aromatic rings. The van der Waals surface area contributed by atoms with E-state index in [0.29, 0.717) is 32.4 Å². The highest BCUT2D eigenvalue weighted by molar-refractivity contribution is 7.90. The highest BCUT2D eigenvalue weighted by atomic mass is 32.2. The second-order valence-corrected chi connectivity index (χ2v) is 17.2. The number of carbonyl (C=O) groups is 5. The van der Waals surface area contributed by atoms with Crippen LogP contribution in [-0.4, -0.2) is 90.5 Å². The van der Waals surface area contributed by atoms with Gasteiger partial charge < -0.3 is 29.9 Å². The van der Waals surface area contributed by atoms with E-state index < -0.39 is 75.2 Å². The van der Waals surface area contributed by atoms with Crippen LogP contribution >= 0.6 is 0 Å². The molecule has 14 nitrogen and oxygen atoms in total. The van der Waals surface area contributed by atoms with E-state index in [-0.39, 0.29) is 30.7 Å². The Morgan fingerprint density at radius 3 is 2.43 bits per heavy atom. The zero-order chi connectivity index (χ0) is 38.7. The number of carbonyl (C=O) groups excluding carboxylic acids is 5.